The third-order valence-corrected chi connectivity index (χ3v) is 4.68. The molecule has 1 unspecified atom stereocenters. The van der Waals surface area contributed by atoms with Gasteiger partial charge in [0.2, 0.25) is 0 Å². The number of terminal acetylenes is 1. The molecular formula is C26H24S. The zero-order valence-corrected chi connectivity index (χ0v) is 16.8. The van der Waals surface area contributed by atoms with Crippen molar-refractivity contribution in [2.45, 2.75) is 58.3 Å². The minimum Gasteiger partial charge on any atom is -0.149 e. The first-order chi connectivity index (χ1) is 13.4. The van der Waals surface area contributed by atoms with E-state index in [2.05, 4.69) is 89.6 Å². The smallest absolute Gasteiger partial charge is 0.0261 e. The third kappa shape index (κ3) is 13.0. The maximum atomic E-state index is 4.98. The Morgan fingerprint density at radius 1 is 0.852 bits per heavy atom. The first-order valence-corrected chi connectivity index (χ1v) is 10.2. The van der Waals surface area contributed by atoms with E-state index >= 15 is 0 Å². The fourth-order valence-electron chi connectivity index (χ4n) is 2.46. The van der Waals surface area contributed by atoms with Gasteiger partial charge in [-0.05, 0) is 83.5 Å². The number of unbranched alkanes of at least 4 members (excludes halogenated alkanes) is 5. The summed E-state index contributed by atoms with van der Waals surface area (Å²) in [5, 5.41) is 2.12. The summed E-state index contributed by atoms with van der Waals surface area (Å²) in [5.74, 6) is 29.6. The number of hydrogen-bond donors (Lipinski definition) is 0. The van der Waals surface area contributed by atoms with Crippen LogP contribution in [0.3, 0.4) is 0 Å². The van der Waals surface area contributed by atoms with E-state index in [1.54, 1.807) is 11.3 Å². The van der Waals surface area contributed by atoms with Gasteiger partial charge in [-0.15, -0.1) is 17.8 Å². The van der Waals surface area contributed by atoms with Crippen LogP contribution in [0.2, 0.25) is 0 Å². The van der Waals surface area contributed by atoms with Crippen LogP contribution in [0.4, 0.5) is 0 Å². The molecule has 1 aromatic heterocycles. The minimum atomic E-state index is 0.357. The van der Waals surface area contributed by atoms with Crippen LogP contribution in [-0.2, 0) is 6.42 Å². The Kier molecular flexibility index (Phi) is 13.5. The quantitative estimate of drug-likeness (QED) is 0.409. The highest BCUT2D eigenvalue weighted by Crippen LogP contribution is 2.19. The van der Waals surface area contributed by atoms with E-state index in [-0.39, 0.29) is 0 Å². The average Bonchev–Trinajstić information content (AvgIpc) is 3.18. The van der Waals surface area contributed by atoms with Gasteiger partial charge in [0.15, 0.2) is 0 Å². The fourth-order valence-corrected chi connectivity index (χ4v) is 3.25. The summed E-state index contributed by atoms with van der Waals surface area (Å²) in [6.07, 6.45) is 15.0. The summed E-state index contributed by atoms with van der Waals surface area (Å²) >= 11 is 1.80. The predicted octanol–water partition coefficient (Wildman–Crippen LogP) is 5.31. The summed E-state index contributed by atoms with van der Waals surface area (Å²) in [5.41, 5.74) is 0. The first-order valence-electron chi connectivity index (χ1n) is 9.35. The van der Waals surface area contributed by atoms with Crippen molar-refractivity contribution in [3.05, 3.63) is 22.4 Å². The average molecular weight is 369 g/mol. The van der Waals surface area contributed by atoms with Crippen LogP contribution in [0.5, 0.6) is 0 Å². The largest absolute Gasteiger partial charge is 0.149 e. The number of thiophene rings is 1. The summed E-state index contributed by atoms with van der Waals surface area (Å²) in [6.45, 7) is 2.25. The van der Waals surface area contributed by atoms with Crippen LogP contribution >= 0.6 is 11.3 Å². The molecule has 1 heterocycles. The summed E-state index contributed by atoms with van der Waals surface area (Å²) in [6, 6.07) is 4.28. The molecule has 0 saturated heterocycles. The second kappa shape index (κ2) is 16.5. The van der Waals surface area contributed by atoms with Crippen molar-refractivity contribution in [2.75, 3.05) is 0 Å². The van der Waals surface area contributed by atoms with Crippen molar-refractivity contribution in [3.8, 4) is 71.5 Å². The van der Waals surface area contributed by atoms with E-state index in [9.17, 15) is 0 Å². The van der Waals surface area contributed by atoms with E-state index in [0.29, 0.717) is 5.92 Å². The second-order valence-corrected chi connectivity index (χ2v) is 6.98. The van der Waals surface area contributed by atoms with Crippen LogP contribution < -0.4 is 0 Å². The standard InChI is InChI=1S/C26H24S/c1-3-5-7-9-11-12-13-14-16-18-21-25(24-26-22-19-23-27-26)20-17-15-10-8-6-4-2/h1,19,22-23,25H,4,6,8,10,15,17,20,24H2,2H3. The Balaban J connectivity index is 2.53. The predicted molar refractivity (Wildman–Crippen MR) is 117 cm³/mol. The molecule has 0 aliphatic carbocycles. The zero-order valence-electron chi connectivity index (χ0n) is 16.0. The second-order valence-electron chi connectivity index (χ2n) is 5.95. The Morgan fingerprint density at radius 3 is 2.11 bits per heavy atom. The highest BCUT2D eigenvalue weighted by molar-refractivity contribution is 7.09. The van der Waals surface area contributed by atoms with Crippen LogP contribution in [0.15, 0.2) is 17.5 Å². The maximum Gasteiger partial charge on any atom is 0.0261 e. The normalized spacial score (nSPS) is 9.19. The molecule has 0 aliphatic rings. The molecule has 1 atom stereocenters. The highest BCUT2D eigenvalue weighted by atomic mass is 32.1. The lowest BCUT2D eigenvalue weighted by atomic mass is 9.97. The molecule has 0 radical (unpaired) electrons. The van der Waals surface area contributed by atoms with Crippen LogP contribution in [0.25, 0.3) is 0 Å². The number of hydrogen-bond acceptors (Lipinski definition) is 1. The molecular weight excluding hydrogens is 344 g/mol. The Hall–Kier alpha value is -2.94. The zero-order chi connectivity index (χ0) is 19.4. The molecule has 27 heavy (non-hydrogen) atoms. The lowest BCUT2D eigenvalue weighted by Gasteiger charge is -2.09. The topological polar surface area (TPSA) is 0 Å². The van der Waals surface area contributed by atoms with Crippen molar-refractivity contribution < 1.29 is 0 Å². The third-order valence-electron chi connectivity index (χ3n) is 3.78. The molecule has 0 fully saturated rings. The first kappa shape index (κ1) is 22.1. The van der Waals surface area contributed by atoms with E-state index in [0.717, 1.165) is 12.8 Å². The molecule has 1 heteroatoms. The van der Waals surface area contributed by atoms with Gasteiger partial charge in [-0.25, -0.2) is 0 Å². The van der Waals surface area contributed by atoms with Crippen molar-refractivity contribution in [2.24, 2.45) is 5.92 Å². The molecule has 0 saturated carbocycles. The highest BCUT2D eigenvalue weighted by Gasteiger charge is 2.07. The fraction of sp³-hybridized carbons (Fsp3) is 0.385. The summed E-state index contributed by atoms with van der Waals surface area (Å²) in [4.78, 5) is 1.39. The molecule has 0 aliphatic heterocycles. The minimum absolute atomic E-state index is 0.357. The molecule has 0 amide bonds. The molecule has 0 aromatic carbocycles. The van der Waals surface area contributed by atoms with Gasteiger partial charge >= 0.3 is 0 Å². The molecule has 0 spiro atoms. The van der Waals surface area contributed by atoms with Crippen LogP contribution in [-0.4, -0.2) is 0 Å². The lowest BCUT2D eigenvalue weighted by Crippen LogP contribution is -2.01. The van der Waals surface area contributed by atoms with Gasteiger partial charge < -0.3 is 0 Å². The van der Waals surface area contributed by atoms with Gasteiger partial charge in [0.1, 0.15) is 0 Å². The Morgan fingerprint density at radius 2 is 1.48 bits per heavy atom. The van der Waals surface area contributed by atoms with Crippen molar-refractivity contribution in [1.82, 2.24) is 0 Å². The monoisotopic (exact) mass is 368 g/mol. The van der Waals surface area contributed by atoms with Crippen LogP contribution in [0, 0.1) is 77.5 Å². The number of rotatable bonds is 9. The Labute approximate surface area is 169 Å². The van der Waals surface area contributed by atoms with E-state index in [1.165, 1.54) is 43.4 Å². The molecule has 0 bridgehead atoms. The van der Waals surface area contributed by atoms with Gasteiger partial charge in [-0.3, -0.25) is 0 Å². The summed E-state index contributed by atoms with van der Waals surface area (Å²) in [7, 11) is 0. The van der Waals surface area contributed by atoms with Gasteiger partial charge in [0.25, 0.3) is 0 Å². The molecule has 1 aromatic rings. The van der Waals surface area contributed by atoms with Gasteiger partial charge in [0.05, 0.1) is 0 Å². The van der Waals surface area contributed by atoms with E-state index < -0.39 is 0 Å². The summed E-state index contributed by atoms with van der Waals surface area (Å²) < 4.78 is 0. The molecule has 0 N–H and O–H groups in total. The van der Waals surface area contributed by atoms with Gasteiger partial charge in [-0.2, -0.15) is 0 Å². The maximum absolute atomic E-state index is 4.98. The van der Waals surface area contributed by atoms with Crippen molar-refractivity contribution >= 4 is 11.3 Å². The SMILES string of the molecule is C#CC#CC#CC#CC#CC#CC(CCCCCCCC)Cc1cccs1. The van der Waals surface area contributed by atoms with Gasteiger partial charge in [0, 0.05) is 10.8 Å². The van der Waals surface area contributed by atoms with Gasteiger partial charge in [-0.1, -0.05) is 57.4 Å². The molecule has 134 valence electrons. The Bertz CT molecular complexity index is 882. The van der Waals surface area contributed by atoms with Crippen molar-refractivity contribution in [1.29, 1.82) is 0 Å². The van der Waals surface area contributed by atoms with Crippen molar-refractivity contribution in [3.63, 3.8) is 0 Å². The molecule has 1 rings (SSSR count). The lowest BCUT2D eigenvalue weighted by molar-refractivity contribution is 0.529. The van der Waals surface area contributed by atoms with E-state index in [4.69, 9.17) is 6.42 Å². The van der Waals surface area contributed by atoms with E-state index in [1.807, 2.05) is 0 Å². The molecule has 0 nitrogen and oxygen atoms in total. The van der Waals surface area contributed by atoms with Crippen LogP contribution in [0.1, 0.15) is 56.7 Å².